The molecule has 0 atom stereocenters. The molecule has 0 amide bonds. The van der Waals surface area contributed by atoms with Crippen molar-refractivity contribution in [2.24, 2.45) is 0 Å². The zero-order valence-corrected chi connectivity index (χ0v) is 9.32. The molecule has 0 unspecified atom stereocenters. The molecule has 2 rings (SSSR count). The zero-order valence-electron chi connectivity index (χ0n) is 9.32. The molecule has 2 aromatic rings. The topological polar surface area (TPSA) is 72.8 Å². The van der Waals surface area contributed by atoms with E-state index in [4.69, 9.17) is 9.94 Å². The minimum atomic E-state index is -0.480. The molecule has 0 spiro atoms. The van der Waals surface area contributed by atoms with E-state index in [1.807, 2.05) is 0 Å². The fraction of sp³-hybridized carbons (Fsp3) is 0. The second-order valence-electron chi connectivity index (χ2n) is 3.52. The number of carbonyl (C=O) groups is 1. The second-order valence-corrected chi connectivity index (χ2v) is 3.52. The molecule has 2 aromatic carbocycles. The van der Waals surface area contributed by atoms with Crippen LogP contribution in [0.25, 0.3) is 0 Å². The SMILES string of the molecule is O=C(Oc1ccc(N([O-])O)cc1)c1ccccc1. The second kappa shape index (κ2) is 5.31. The summed E-state index contributed by atoms with van der Waals surface area (Å²) < 4.78 is 5.09. The first kappa shape index (κ1) is 12.1. The van der Waals surface area contributed by atoms with Crippen molar-refractivity contribution >= 4 is 11.7 Å². The first-order valence-corrected chi connectivity index (χ1v) is 5.20. The van der Waals surface area contributed by atoms with E-state index in [9.17, 15) is 10.0 Å². The molecule has 92 valence electrons. The van der Waals surface area contributed by atoms with Crippen LogP contribution in [-0.4, -0.2) is 11.2 Å². The number of esters is 1. The van der Waals surface area contributed by atoms with Gasteiger partial charge in [0.15, 0.2) is 0 Å². The van der Waals surface area contributed by atoms with Crippen molar-refractivity contribution in [1.82, 2.24) is 0 Å². The lowest BCUT2D eigenvalue weighted by molar-refractivity contribution is 0.0735. The lowest BCUT2D eigenvalue weighted by atomic mass is 10.2. The lowest BCUT2D eigenvalue weighted by Crippen LogP contribution is -2.09. The fourth-order valence-corrected chi connectivity index (χ4v) is 1.38. The van der Waals surface area contributed by atoms with Gasteiger partial charge in [-0.05, 0) is 36.4 Å². The molecule has 0 aromatic heterocycles. The summed E-state index contributed by atoms with van der Waals surface area (Å²) in [5.74, 6) is -0.180. The largest absolute Gasteiger partial charge is 0.733 e. The number of ether oxygens (including phenoxy) is 1. The standard InChI is InChI=1S/C13H10NO4/c15-13(10-4-2-1-3-5-10)18-12-8-6-11(7-9-12)14(16)17/h1-9,16H/q-1. The average molecular weight is 244 g/mol. The molecular weight excluding hydrogens is 234 g/mol. The molecule has 0 radical (unpaired) electrons. The summed E-state index contributed by atoms with van der Waals surface area (Å²) in [5, 5.41) is 18.9. The maximum Gasteiger partial charge on any atom is 0.343 e. The molecule has 1 N–H and O–H groups in total. The van der Waals surface area contributed by atoms with Crippen LogP contribution >= 0.6 is 0 Å². The van der Waals surface area contributed by atoms with Crippen LogP contribution in [0.15, 0.2) is 54.6 Å². The molecule has 0 saturated heterocycles. The van der Waals surface area contributed by atoms with Crippen molar-refractivity contribution in [3.8, 4) is 5.75 Å². The summed E-state index contributed by atoms with van der Waals surface area (Å²) in [4.78, 5) is 11.7. The van der Waals surface area contributed by atoms with Crippen molar-refractivity contribution in [2.75, 3.05) is 5.23 Å². The number of anilines is 1. The van der Waals surface area contributed by atoms with Gasteiger partial charge >= 0.3 is 5.97 Å². The van der Waals surface area contributed by atoms with Gasteiger partial charge in [-0.1, -0.05) is 18.2 Å². The molecule has 0 saturated carbocycles. The Hall–Kier alpha value is -2.37. The number of rotatable bonds is 3. The molecule has 0 heterocycles. The number of carbonyl (C=O) groups excluding carboxylic acids is 1. The number of benzene rings is 2. The van der Waals surface area contributed by atoms with E-state index in [-0.39, 0.29) is 10.9 Å². The highest BCUT2D eigenvalue weighted by molar-refractivity contribution is 5.90. The van der Waals surface area contributed by atoms with Crippen molar-refractivity contribution in [3.05, 3.63) is 65.4 Å². The van der Waals surface area contributed by atoms with Crippen molar-refractivity contribution in [1.29, 1.82) is 0 Å². The van der Waals surface area contributed by atoms with Crippen molar-refractivity contribution in [3.63, 3.8) is 0 Å². The molecular formula is C13H10NO4-. The molecule has 0 fully saturated rings. The van der Waals surface area contributed by atoms with Gasteiger partial charge in [-0.3, -0.25) is 5.21 Å². The van der Waals surface area contributed by atoms with Gasteiger partial charge in [0, 0.05) is 0 Å². The first-order valence-electron chi connectivity index (χ1n) is 5.20. The third-order valence-corrected chi connectivity index (χ3v) is 2.28. The van der Waals surface area contributed by atoms with Crippen molar-refractivity contribution < 1.29 is 14.7 Å². The maximum atomic E-state index is 11.7. The first-order chi connectivity index (χ1) is 8.66. The Kier molecular flexibility index (Phi) is 3.57. The Labute approximate surface area is 103 Å². The predicted octanol–water partition coefficient (Wildman–Crippen LogP) is 2.60. The molecule has 0 aliphatic heterocycles. The van der Waals surface area contributed by atoms with Gasteiger partial charge in [0.2, 0.25) is 0 Å². The van der Waals surface area contributed by atoms with Crippen LogP contribution in [0.4, 0.5) is 5.69 Å². The summed E-state index contributed by atoms with van der Waals surface area (Å²) in [5.41, 5.74) is 0.503. The normalized spacial score (nSPS) is 9.89. The van der Waals surface area contributed by atoms with Crippen LogP contribution in [0.1, 0.15) is 10.4 Å². The molecule has 5 heteroatoms. The predicted molar refractivity (Wildman–Crippen MR) is 65.5 cm³/mol. The van der Waals surface area contributed by atoms with E-state index in [0.717, 1.165) is 0 Å². The third-order valence-electron chi connectivity index (χ3n) is 2.28. The molecule has 0 bridgehead atoms. The van der Waals surface area contributed by atoms with E-state index in [2.05, 4.69) is 0 Å². The Morgan fingerprint density at radius 1 is 1.06 bits per heavy atom. The number of hydrogen-bond donors (Lipinski definition) is 1. The van der Waals surface area contributed by atoms with Gasteiger partial charge in [0.1, 0.15) is 5.75 Å². The van der Waals surface area contributed by atoms with Crippen LogP contribution in [0.2, 0.25) is 0 Å². The smallest absolute Gasteiger partial charge is 0.343 e. The number of nitrogens with zero attached hydrogens (tertiary/aromatic N) is 1. The highest BCUT2D eigenvalue weighted by Crippen LogP contribution is 2.18. The van der Waals surface area contributed by atoms with Gasteiger partial charge in [0.25, 0.3) is 0 Å². The van der Waals surface area contributed by atoms with Crippen LogP contribution in [0.5, 0.6) is 5.75 Å². The monoisotopic (exact) mass is 244 g/mol. The quantitative estimate of drug-likeness (QED) is 0.510. The molecule has 18 heavy (non-hydrogen) atoms. The third kappa shape index (κ3) is 2.85. The lowest BCUT2D eigenvalue weighted by Gasteiger charge is -2.21. The highest BCUT2D eigenvalue weighted by Gasteiger charge is 2.07. The van der Waals surface area contributed by atoms with E-state index in [1.165, 1.54) is 24.3 Å². The van der Waals surface area contributed by atoms with Crippen molar-refractivity contribution in [2.45, 2.75) is 0 Å². The van der Waals surface area contributed by atoms with Crippen LogP contribution < -0.4 is 9.96 Å². The van der Waals surface area contributed by atoms with Gasteiger partial charge < -0.3 is 15.2 Å². The van der Waals surface area contributed by atoms with E-state index in [1.54, 1.807) is 30.3 Å². The minimum absolute atomic E-state index is 0.0644. The maximum absolute atomic E-state index is 11.7. The zero-order chi connectivity index (χ0) is 13.0. The van der Waals surface area contributed by atoms with Gasteiger partial charge in [0.05, 0.1) is 11.3 Å². The van der Waals surface area contributed by atoms with Crippen LogP contribution in [-0.2, 0) is 0 Å². The Morgan fingerprint density at radius 3 is 2.22 bits per heavy atom. The van der Waals surface area contributed by atoms with E-state index in [0.29, 0.717) is 11.3 Å². The van der Waals surface area contributed by atoms with Gasteiger partial charge in [-0.15, -0.1) is 0 Å². The van der Waals surface area contributed by atoms with Crippen LogP contribution in [0, 0.1) is 5.21 Å². The van der Waals surface area contributed by atoms with Gasteiger partial charge in [-0.2, -0.15) is 0 Å². The molecule has 0 aliphatic rings. The van der Waals surface area contributed by atoms with E-state index < -0.39 is 5.97 Å². The summed E-state index contributed by atoms with van der Waals surface area (Å²) in [7, 11) is 0. The Bertz CT molecular complexity index is 522. The summed E-state index contributed by atoms with van der Waals surface area (Å²) >= 11 is 0. The van der Waals surface area contributed by atoms with Crippen LogP contribution in [0.3, 0.4) is 0 Å². The molecule has 5 nitrogen and oxygen atoms in total. The Morgan fingerprint density at radius 2 is 1.67 bits per heavy atom. The van der Waals surface area contributed by atoms with Gasteiger partial charge in [-0.25, -0.2) is 4.79 Å². The Balaban J connectivity index is 2.08. The highest BCUT2D eigenvalue weighted by atomic mass is 16.8. The summed E-state index contributed by atoms with van der Waals surface area (Å²) in [6, 6.07) is 14.1. The summed E-state index contributed by atoms with van der Waals surface area (Å²) in [6.07, 6.45) is 0. The minimum Gasteiger partial charge on any atom is -0.733 e. The summed E-state index contributed by atoms with van der Waals surface area (Å²) in [6.45, 7) is 0. The van der Waals surface area contributed by atoms with E-state index >= 15 is 0 Å². The fourth-order valence-electron chi connectivity index (χ4n) is 1.38. The number of hydrogen-bond acceptors (Lipinski definition) is 5. The average Bonchev–Trinajstić information content (AvgIpc) is 2.40. The molecule has 0 aliphatic carbocycles.